The summed E-state index contributed by atoms with van der Waals surface area (Å²) >= 11 is 0. The third kappa shape index (κ3) is 7.61. The lowest BCUT2D eigenvalue weighted by Crippen LogP contribution is -2.36. The lowest BCUT2D eigenvalue weighted by molar-refractivity contribution is 0.334. The molecule has 0 amide bonds. The first kappa shape index (κ1) is 20.1. The Morgan fingerprint density at radius 3 is 2.00 bits per heavy atom. The van der Waals surface area contributed by atoms with E-state index in [0.29, 0.717) is 0 Å². The molecule has 0 aliphatic heterocycles. The highest BCUT2D eigenvalue weighted by molar-refractivity contribution is 14.0. The van der Waals surface area contributed by atoms with Gasteiger partial charge in [-0.2, -0.15) is 0 Å². The van der Waals surface area contributed by atoms with Gasteiger partial charge in [0.15, 0.2) is 5.96 Å². The van der Waals surface area contributed by atoms with E-state index in [-0.39, 0.29) is 29.8 Å². The molecule has 0 aliphatic rings. The zero-order valence-corrected chi connectivity index (χ0v) is 15.8. The van der Waals surface area contributed by atoms with Gasteiger partial charge in [0.2, 0.25) is 0 Å². The van der Waals surface area contributed by atoms with E-state index in [4.69, 9.17) is 0 Å². The van der Waals surface area contributed by atoms with Crippen LogP contribution >= 0.6 is 24.0 Å². The zero-order chi connectivity index (χ0) is 15.1. The van der Waals surface area contributed by atoms with Crippen LogP contribution < -0.4 is 0 Å². The van der Waals surface area contributed by atoms with Gasteiger partial charge in [-0.3, -0.25) is 4.99 Å². The molecule has 21 heavy (non-hydrogen) atoms. The second kappa shape index (κ2) is 9.94. The standard InChI is InChI=1S/C15H25FN4.HI/c1-18(2)15(19(3)4)17-10-11-20(5)12-13-6-8-14(16)9-7-13;/h6-9H,10-12H2,1-5H3;1H. The van der Waals surface area contributed by atoms with E-state index in [1.807, 2.05) is 57.2 Å². The molecule has 0 saturated heterocycles. The van der Waals surface area contributed by atoms with Crippen molar-refractivity contribution in [2.45, 2.75) is 6.54 Å². The Morgan fingerprint density at radius 1 is 1.00 bits per heavy atom. The van der Waals surface area contributed by atoms with Crippen molar-refractivity contribution in [2.24, 2.45) is 4.99 Å². The Bertz CT molecular complexity index is 422. The van der Waals surface area contributed by atoms with Gasteiger partial charge >= 0.3 is 0 Å². The molecule has 1 rings (SSSR count). The van der Waals surface area contributed by atoms with E-state index >= 15 is 0 Å². The molecular formula is C15H26FIN4. The van der Waals surface area contributed by atoms with E-state index in [2.05, 4.69) is 9.89 Å². The van der Waals surface area contributed by atoms with E-state index in [9.17, 15) is 4.39 Å². The number of hydrogen-bond donors (Lipinski definition) is 0. The molecule has 4 nitrogen and oxygen atoms in total. The average molecular weight is 408 g/mol. The summed E-state index contributed by atoms with van der Waals surface area (Å²) in [7, 11) is 9.99. The van der Waals surface area contributed by atoms with Gasteiger partial charge in [0.05, 0.1) is 6.54 Å². The van der Waals surface area contributed by atoms with Crippen molar-refractivity contribution in [3.8, 4) is 0 Å². The summed E-state index contributed by atoms with van der Waals surface area (Å²) in [6.45, 7) is 2.40. The van der Waals surface area contributed by atoms with Crippen molar-refractivity contribution in [1.82, 2.24) is 14.7 Å². The maximum atomic E-state index is 12.8. The molecule has 0 heterocycles. The maximum absolute atomic E-state index is 12.8. The summed E-state index contributed by atoms with van der Waals surface area (Å²) in [5.41, 5.74) is 1.11. The largest absolute Gasteiger partial charge is 0.349 e. The van der Waals surface area contributed by atoms with Crippen molar-refractivity contribution in [2.75, 3.05) is 48.3 Å². The minimum atomic E-state index is -0.192. The van der Waals surface area contributed by atoms with Crippen LogP contribution in [-0.2, 0) is 6.54 Å². The first-order valence-electron chi connectivity index (χ1n) is 6.72. The molecule has 0 bridgehead atoms. The first-order valence-corrected chi connectivity index (χ1v) is 6.72. The first-order chi connectivity index (χ1) is 9.40. The molecule has 0 atom stereocenters. The molecular weight excluding hydrogens is 382 g/mol. The van der Waals surface area contributed by atoms with Gasteiger partial charge in [-0.05, 0) is 24.7 Å². The number of rotatable bonds is 5. The third-order valence-electron chi connectivity index (χ3n) is 2.90. The van der Waals surface area contributed by atoms with E-state index in [1.165, 1.54) is 12.1 Å². The smallest absolute Gasteiger partial charge is 0.195 e. The second-order valence-electron chi connectivity index (χ2n) is 5.33. The minimum absolute atomic E-state index is 0. The second-order valence-corrected chi connectivity index (χ2v) is 5.33. The van der Waals surface area contributed by atoms with Gasteiger partial charge in [0.25, 0.3) is 0 Å². The highest BCUT2D eigenvalue weighted by Gasteiger charge is 2.04. The fourth-order valence-corrected chi connectivity index (χ4v) is 1.98. The van der Waals surface area contributed by atoms with Crippen LogP contribution in [0.25, 0.3) is 0 Å². The van der Waals surface area contributed by atoms with Gasteiger partial charge in [-0.15, -0.1) is 24.0 Å². The van der Waals surface area contributed by atoms with E-state index in [0.717, 1.165) is 31.2 Å². The predicted octanol–water partition coefficient (Wildman–Crippen LogP) is 2.35. The van der Waals surface area contributed by atoms with Crippen LogP contribution in [0.4, 0.5) is 4.39 Å². The van der Waals surface area contributed by atoms with Crippen molar-refractivity contribution in [3.63, 3.8) is 0 Å². The number of nitrogens with zero attached hydrogens (tertiary/aromatic N) is 4. The van der Waals surface area contributed by atoms with E-state index in [1.54, 1.807) is 0 Å². The minimum Gasteiger partial charge on any atom is -0.349 e. The lowest BCUT2D eigenvalue weighted by atomic mass is 10.2. The van der Waals surface area contributed by atoms with Gasteiger partial charge in [-0.25, -0.2) is 4.39 Å². The summed E-state index contributed by atoms with van der Waals surface area (Å²) in [6, 6.07) is 6.63. The number of guanidine groups is 1. The zero-order valence-electron chi connectivity index (χ0n) is 13.5. The number of hydrogen-bond acceptors (Lipinski definition) is 2. The van der Waals surface area contributed by atoms with Crippen molar-refractivity contribution >= 4 is 29.9 Å². The fraction of sp³-hybridized carbons (Fsp3) is 0.533. The van der Waals surface area contributed by atoms with Crippen LogP contribution in [0.2, 0.25) is 0 Å². The third-order valence-corrected chi connectivity index (χ3v) is 2.90. The number of benzene rings is 1. The molecule has 0 aromatic heterocycles. The van der Waals surface area contributed by atoms with Crippen LogP contribution in [0, 0.1) is 5.82 Å². The Morgan fingerprint density at radius 2 is 1.52 bits per heavy atom. The monoisotopic (exact) mass is 408 g/mol. The molecule has 0 aliphatic carbocycles. The van der Waals surface area contributed by atoms with Gasteiger partial charge in [-0.1, -0.05) is 12.1 Å². The van der Waals surface area contributed by atoms with Crippen LogP contribution in [0.1, 0.15) is 5.56 Å². The number of halogens is 2. The molecule has 0 unspecified atom stereocenters. The number of aliphatic imine (C=N–C) groups is 1. The Balaban J connectivity index is 0.00000400. The van der Waals surface area contributed by atoms with Crippen LogP contribution in [0.15, 0.2) is 29.3 Å². The molecule has 0 saturated carbocycles. The van der Waals surface area contributed by atoms with Gasteiger partial charge < -0.3 is 14.7 Å². The van der Waals surface area contributed by atoms with E-state index < -0.39 is 0 Å². The summed E-state index contributed by atoms with van der Waals surface area (Å²) in [5, 5.41) is 0. The Kier molecular flexibility index (Phi) is 9.52. The van der Waals surface area contributed by atoms with Crippen molar-refractivity contribution < 1.29 is 4.39 Å². The molecule has 0 N–H and O–H groups in total. The van der Waals surface area contributed by atoms with Crippen molar-refractivity contribution in [3.05, 3.63) is 35.6 Å². The maximum Gasteiger partial charge on any atom is 0.195 e. The average Bonchev–Trinajstić information content (AvgIpc) is 2.36. The SMILES string of the molecule is CN(CCN=C(N(C)C)N(C)C)Cc1ccc(F)cc1.I. The van der Waals surface area contributed by atoms with Gasteiger partial charge in [0, 0.05) is 41.3 Å². The quantitative estimate of drug-likeness (QED) is 0.424. The molecule has 0 radical (unpaired) electrons. The topological polar surface area (TPSA) is 22.1 Å². The van der Waals surface area contributed by atoms with Crippen LogP contribution in [0.5, 0.6) is 0 Å². The Labute approximate surface area is 144 Å². The predicted molar refractivity (Wildman–Crippen MR) is 97.8 cm³/mol. The summed E-state index contributed by atoms with van der Waals surface area (Å²) < 4.78 is 12.8. The summed E-state index contributed by atoms with van der Waals surface area (Å²) in [6.07, 6.45) is 0. The molecule has 120 valence electrons. The molecule has 6 heteroatoms. The summed E-state index contributed by atoms with van der Waals surface area (Å²) in [4.78, 5) is 10.8. The molecule has 0 fully saturated rings. The summed E-state index contributed by atoms with van der Waals surface area (Å²) in [5.74, 6) is 0.766. The van der Waals surface area contributed by atoms with Crippen LogP contribution in [0.3, 0.4) is 0 Å². The lowest BCUT2D eigenvalue weighted by Gasteiger charge is -2.23. The van der Waals surface area contributed by atoms with Crippen molar-refractivity contribution in [1.29, 1.82) is 0 Å². The van der Waals surface area contributed by atoms with Gasteiger partial charge in [0.1, 0.15) is 5.82 Å². The molecule has 0 spiro atoms. The fourth-order valence-electron chi connectivity index (χ4n) is 1.98. The number of likely N-dealkylation sites (N-methyl/N-ethyl adjacent to an activating group) is 1. The Hall–Kier alpha value is -0.890. The highest BCUT2D eigenvalue weighted by Crippen LogP contribution is 2.05. The molecule has 1 aromatic rings. The molecule has 1 aromatic carbocycles. The highest BCUT2D eigenvalue weighted by atomic mass is 127. The normalized spacial score (nSPS) is 10.0. The van der Waals surface area contributed by atoms with Crippen LogP contribution in [-0.4, -0.2) is 69.0 Å².